The molecule has 0 unspecified atom stereocenters. The molecule has 1 fully saturated rings. The zero-order valence-electron chi connectivity index (χ0n) is 10.2. The summed E-state index contributed by atoms with van der Waals surface area (Å²) in [6.07, 6.45) is 5.73. The van der Waals surface area contributed by atoms with Gasteiger partial charge in [-0.1, -0.05) is 25.9 Å². The van der Waals surface area contributed by atoms with Gasteiger partial charge in [0, 0.05) is 11.5 Å². The SMILES string of the molecule is Cc1cnoc1C1CC(CC(C)(C)C)C1. The van der Waals surface area contributed by atoms with E-state index >= 15 is 0 Å². The van der Waals surface area contributed by atoms with E-state index in [0.29, 0.717) is 11.3 Å². The molecule has 1 aromatic rings. The van der Waals surface area contributed by atoms with Crippen LogP contribution in [0, 0.1) is 18.3 Å². The van der Waals surface area contributed by atoms with Crippen molar-refractivity contribution in [2.45, 2.75) is 52.9 Å². The highest BCUT2D eigenvalue weighted by molar-refractivity contribution is 5.18. The molecular formula is C13H21NO. The van der Waals surface area contributed by atoms with Gasteiger partial charge in [0.05, 0.1) is 6.20 Å². The van der Waals surface area contributed by atoms with Gasteiger partial charge in [-0.3, -0.25) is 0 Å². The molecule has 0 spiro atoms. The Hall–Kier alpha value is -0.790. The maximum absolute atomic E-state index is 5.30. The maximum Gasteiger partial charge on any atom is 0.142 e. The summed E-state index contributed by atoms with van der Waals surface area (Å²) in [6, 6.07) is 0. The summed E-state index contributed by atoms with van der Waals surface area (Å²) in [5.41, 5.74) is 1.68. The van der Waals surface area contributed by atoms with E-state index in [9.17, 15) is 0 Å². The van der Waals surface area contributed by atoms with E-state index in [1.807, 2.05) is 6.20 Å². The van der Waals surface area contributed by atoms with Gasteiger partial charge in [-0.15, -0.1) is 0 Å². The average Bonchev–Trinajstić information content (AvgIpc) is 2.41. The van der Waals surface area contributed by atoms with Gasteiger partial charge < -0.3 is 4.52 Å². The molecule has 2 heteroatoms. The fourth-order valence-electron chi connectivity index (χ4n) is 2.68. The van der Waals surface area contributed by atoms with Gasteiger partial charge in [0.25, 0.3) is 0 Å². The minimum atomic E-state index is 0.464. The molecule has 84 valence electrons. The zero-order chi connectivity index (χ0) is 11.1. The molecule has 1 heterocycles. The van der Waals surface area contributed by atoms with E-state index in [2.05, 4.69) is 32.9 Å². The van der Waals surface area contributed by atoms with Crippen LogP contribution in [0.3, 0.4) is 0 Å². The fraction of sp³-hybridized carbons (Fsp3) is 0.769. The van der Waals surface area contributed by atoms with Gasteiger partial charge in [-0.05, 0) is 37.5 Å². The van der Waals surface area contributed by atoms with E-state index in [-0.39, 0.29) is 0 Å². The highest BCUT2D eigenvalue weighted by Gasteiger charge is 2.35. The predicted octanol–water partition coefficient (Wildman–Crippen LogP) is 3.91. The highest BCUT2D eigenvalue weighted by Crippen LogP contribution is 2.47. The molecule has 2 nitrogen and oxygen atoms in total. The van der Waals surface area contributed by atoms with Crippen LogP contribution in [0.4, 0.5) is 0 Å². The molecule has 0 amide bonds. The molecule has 1 aliphatic rings. The second-order valence-electron chi connectivity index (χ2n) is 6.17. The number of rotatable bonds is 2. The van der Waals surface area contributed by atoms with Gasteiger partial charge in [0.15, 0.2) is 0 Å². The van der Waals surface area contributed by atoms with E-state index in [1.54, 1.807) is 0 Å². The van der Waals surface area contributed by atoms with Crippen molar-refractivity contribution in [2.75, 3.05) is 0 Å². The number of aryl methyl sites for hydroxylation is 1. The third-order valence-electron chi connectivity index (χ3n) is 3.29. The molecule has 2 rings (SSSR count). The maximum atomic E-state index is 5.30. The van der Waals surface area contributed by atoms with Crippen molar-refractivity contribution in [3.8, 4) is 0 Å². The van der Waals surface area contributed by atoms with E-state index in [0.717, 1.165) is 11.7 Å². The second-order valence-corrected chi connectivity index (χ2v) is 6.17. The van der Waals surface area contributed by atoms with Crippen LogP contribution in [0.2, 0.25) is 0 Å². The highest BCUT2D eigenvalue weighted by atomic mass is 16.5. The van der Waals surface area contributed by atoms with E-state index in [4.69, 9.17) is 4.52 Å². The Morgan fingerprint density at radius 3 is 2.53 bits per heavy atom. The van der Waals surface area contributed by atoms with Crippen molar-refractivity contribution in [3.63, 3.8) is 0 Å². The van der Waals surface area contributed by atoms with Gasteiger partial charge in [-0.2, -0.15) is 0 Å². The normalized spacial score (nSPS) is 26.4. The molecule has 1 aliphatic carbocycles. The molecule has 15 heavy (non-hydrogen) atoms. The Bertz CT molecular complexity index is 329. The van der Waals surface area contributed by atoms with Crippen LogP contribution in [0.25, 0.3) is 0 Å². The van der Waals surface area contributed by atoms with Crippen molar-refractivity contribution < 1.29 is 4.52 Å². The average molecular weight is 207 g/mol. The molecule has 0 aromatic carbocycles. The minimum Gasteiger partial charge on any atom is -0.361 e. The summed E-state index contributed by atoms with van der Waals surface area (Å²) in [5.74, 6) is 2.65. The lowest BCUT2D eigenvalue weighted by Gasteiger charge is -2.37. The van der Waals surface area contributed by atoms with Crippen LogP contribution in [-0.2, 0) is 0 Å². The van der Waals surface area contributed by atoms with Crippen molar-refractivity contribution in [3.05, 3.63) is 17.5 Å². The van der Waals surface area contributed by atoms with Crippen molar-refractivity contribution in [2.24, 2.45) is 11.3 Å². The Morgan fingerprint density at radius 1 is 1.40 bits per heavy atom. The first-order valence-corrected chi connectivity index (χ1v) is 5.87. The lowest BCUT2D eigenvalue weighted by molar-refractivity contribution is 0.158. The topological polar surface area (TPSA) is 26.0 Å². The molecule has 0 N–H and O–H groups in total. The fourth-order valence-corrected chi connectivity index (χ4v) is 2.68. The monoisotopic (exact) mass is 207 g/mol. The van der Waals surface area contributed by atoms with Crippen LogP contribution >= 0.6 is 0 Å². The third-order valence-corrected chi connectivity index (χ3v) is 3.29. The minimum absolute atomic E-state index is 0.464. The summed E-state index contributed by atoms with van der Waals surface area (Å²) in [7, 11) is 0. The van der Waals surface area contributed by atoms with Gasteiger partial charge >= 0.3 is 0 Å². The summed E-state index contributed by atoms with van der Waals surface area (Å²) in [5, 5.41) is 3.85. The van der Waals surface area contributed by atoms with Crippen LogP contribution in [0.15, 0.2) is 10.7 Å². The third kappa shape index (κ3) is 2.42. The first-order valence-electron chi connectivity index (χ1n) is 5.87. The van der Waals surface area contributed by atoms with Crippen LogP contribution in [-0.4, -0.2) is 5.16 Å². The van der Waals surface area contributed by atoms with Crippen LogP contribution in [0.5, 0.6) is 0 Å². The standard InChI is InChI=1S/C13H21NO/c1-9-8-14-15-12(9)11-5-10(6-11)7-13(2,3)4/h8,10-11H,5-7H2,1-4H3. The predicted molar refractivity (Wildman–Crippen MR) is 60.8 cm³/mol. The Kier molecular flexibility index (Phi) is 2.61. The first-order chi connectivity index (χ1) is 6.96. The van der Waals surface area contributed by atoms with Crippen molar-refractivity contribution in [1.82, 2.24) is 5.16 Å². The summed E-state index contributed by atoms with van der Waals surface area (Å²) in [4.78, 5) is 0. The van der Waals surface area contributed by atoms with E-state index < -0.39 is 0 Å². The quantitative estimate of drug-likeness (QED) is 0.734. The van der Waals surface area contributed by atoms with Crippen molar-refractivity contribution >= 4 is 0 Å². The Balaban J connectivity index is 1.87. The lowest BCUT2D eigenvalue weighted by atomic mass is 9.67. The molecular weight excluding hydrogens is 186 g/mol. The Labute approximate surface area is 92.0 Å². The smallest absolute Gasteiger partial charge is 0.142 e. The lowest BCUT2D eigenvalue weighted by Crippen LogP contribution is -2.26. The number of hydrogen-bond acceptors (Lipinski definition) is 2. The molecule has 0 bridgehead atoms. The number of nitrogens with zero attached hydrogens (tertiary/aromatic N) is 1. The first kappa shape index (κ1) is 10.7. The zero-order valence-corrected chi connectivity index (χ0v) is 10.2. The largest absolute Gasteiger partial charge is 0.361 e. The summed E-state index contributed by atoms with van der Waals surface area (Å²) < 4.78 is 5.30. The van der Waals surface area contributed by atoms with E-state index in [1.165, 1.54) is 24.8 Å². The molecule has 0 atom stereocenters. The van der Waals surface area contributed by atoms with Crippen LogP contribution < -0.4 is 0 Å². The van der Waals surface area contributed by atoms with Gasteiger partial charge in [-0.25, -0.2) is 0 Å². The van der Waals surface area contributed by atoms with Gasteiger partial charge in [0.1, 0.15) is 5.76 Å². The second kappa shape index (κ2) is 3.66. The van der Waals surface area contributed by atoms with Crippen molar-refractivity contribution in [1.29, 1.82) is 0 Å². The molecule has 1 aromatic heterocycles. The molecule has 0 saturated heterocycles. The number of aromatic nitrogens is 1. The molecule has 1 saturated carbocycles. The summed E-state index contributed by atoms with van der Waals surface area (Å²) >= 11 is 0. The van der Waals surface area contributed by atoms with Gasteiger partial charge in [0.2, 0.25) is 0 Å². The Morgan fingerprint density at radius 2 is 2.07 bits per heavy atom. The molecule has 0 radical (unpaired) electrons. The number of hydrogen-bond donors (Lipinski definition) is 0. The molecule has 0 aliphatic heterocycles. The van der Waals surface area contributed by atoms with Crippen LogP contribution in [0.1, 0.15) is 57.3 Å². The summed E-state index contributed by atoms with van der Waals surface area (Å²) in [6.45, 7) is 9.04.